The van der Waals surface area contributed by atoms with Crippen LogP contribution in [0.1, 0.15) is 47.8 Å². The second-order valence-electron chi connectivity index (χ2n) is 6.93. The average molecular weight is 487 g/mol. The number of nitrogens with two attached hydrogens (primary N) is 1. The first-order valence-corrected chi connectivity index (χ1v) is 12.5. The van der Waals surface area contributed by atoms with Gasteiger partial charge in [-0.05, 0) is 49.2 Å². The van der Waals surface area contributed by atoms with Crippen molar-refractivity contribution >= 4 is 39.0 Å². The molecule has 0 fully saturated rings. The molecule has 0 saturated heterocycles. The van der Waals surface area contributed by atoms with Crippen LogP contribution in [0.25, 0.3) is 0 Å². The number of fused-ring (bicyclic) bond motifs is 1. The van der Waals surface area contributed by atoms with Crippen molar-refractivity contribution in [2.45, 2.75) is 46.6 Å². The molecule has 2 aromatic rings. The molecular formula is C18H22N4O6S3. The molecule has 1 amide bonds. The zero-order chi connectivity index (χ0) is 22.8. The van der Waals surface area contributed by atoms with Gasteiger partial charge in [0.25, 0.3) is 11.0 Å². The fourth-order valence-corrected chi connectivity index (χ4v) is 7.89. The van der Waals surface area contributed by atoms with Crippen LogP contribution in [0.5, 0.6) is 0 Å². The van der Waals surface area contributed by atoms with Gasteiger partial charge in [-0.2, -0.15) is 0 Å². The van der Waals surface area contributed by atoms with Crippen molar-refractivity contribution in [3.05, 3.63) is 57.1 Å². The van der Waals surface area contributed by atoms with E-state index in [1.807, 2.05) is 6.92 Å². The van der Waals surface area contributed by atoms with Crippen molar-refractivity contribution in [1.82, 2.24) is 9.73 Å². The van der Waals surface area contributed by atoms with Gasteiger partial charge in [0.15, 0.2) is 9.84 Å². The predicted octanol–water partition coefficient (Wildman–Crippen LogP) is 2.70. The lowest BCUT2D eigenvalue weighted by atomic mass is 10.1. The Bertz CT molecular complexity index is 1090. The molecule has 2 unspecified atom stereocenters. The summed E-state index contributed by atoms with van der Waals surface area (Å²) in [7, 11) is -3.43. The average Bonchev–Trinajstić information content (AvgIpc) is 3.15. The van der Waals surface area contributed by atoms with Gasteiger partial charge in [0.2, 0.25) is 0 Å². The van der Waals surface area contributed by atoms with E-state index in [1.165, 1.54) is 12.1 Å². The Morgan fingerprint density at radius 3 is 2.87 bits per heavy atom. The second-order valence-corrected chi connectivity index (χ2v) is 11.8. The van der Waals surface area contributed by atoms with E-state index in [4.69, 9.17) is 5.84 Å². The number of hydrogen-bond donors (Lipinski definition) is 2. The Morgan fingerprint density at radius 1 is 1.45 bits per heavy atom. The molecule has 1 aliphatic heterocycles. The number of sulfone groups is 1. The van der Waals surface area contributed by atoms with Crippen LogP contribution in [0.15, 0.2) is 38.8 Å². The first-order valence-electron chi connectivity index (χ1n) is 9.37. The number of carbonyl (C=O) groups excluding carboxylic acids is 1. The van der Waals surface area contributed by atoms with E-state index in [2.05, 4.69) is 10.2 Å². The number of nitrogens with one attached hydrogen (secondary N) is 1. The van der Waals surface area contributed by atoms with Crippen molar-refractivity contribution < 1.29 is 23.1 Å². The summed E-state index contributed by atoms with van der Waals surface area (Å²) in [5, 5.41) is 12.3. The Kier molecular flexibility index (Phi) is 7.21. The maximum atomic E-state index is 12.8. The van der Waals surface area contributed by atoms with Crippen molar-refractivity contribution in [3.8, 4) is 0 Å². The lowest BCUT2D eigenvalue weighted by molar-refractivity contribution is -0.763. The third-order valence-electron chi connectivity index (χ3n) is 4.78. The fraction of sp³-hybridized carbons (Fsp3) is 0.389. The minimum absolute atomic E-state index is 0.0793. The van der Waals surface area contributed by atoms with Crippen LogP contribution in [-0.4, -0.2) is 35.6 Å². The highest BCUT2D eigenvalue weighted by Crippen LogP contribution is 2.44. The van der Waals surface area contributed by atoms with Crippen molar-refractivity contribution in [2.75, 3.05) is 6.54 Å². The summed E-state index contributed by atoms with van der Waals surface area (Å²) in [6.45, 7) is 4.07. The van der Waals surface area contributed by atoms with Crippen molar-refractivity contribution in [1.29, 1.82) is 0 Å². The van der Waals surface area contributed by atoms with Gasteiger partial charge in [-0.1, -0.05) is 19.1 Å². The Balaban J connectivity index is 1.79. The monoisotopic (exact) mass is 486 g/mol. The third kappa shape index (κ3) is 5.18. The number of rotatable bonds is 8. The molecule has 2 atom stereocenters. The number of carbonyl (C=O) groups is 1. The number of amides is 1. The molecule has 0 radical (unpaired) electrons. The smallest absolute Gasteiger partial charge is 0.294 e. The Morgan fingerprint density at radius 2 is 2.19 bits per heavy atom. The van der Waals surface area contributed by atoms with Gasteiger partial charge in [0.05, 0.1) is 9.46 Å². The molecule has 3 N–H and O–H groups in total. The lowest BCUT2D eigenvalue weighted by Crippen LogP contribution is -2.33. The largest absolute Gasteiger partial charge is 0.310 e. The molecule has 3 rings (SSSR count). The molecule has 13 heteroatoms. The molecule has 0 spiro atoms. The van der Waals surface area contributed by atoms with E-state index in [9.17, 15) is 23.3 Å². The Hall–Kier alpha value is -2.19. The maximum absolute atomic E-state index is 12.8. The molecule has 1 aromatic carbocycles. The third-order valence-corrected chi connectivity index (χ3v) is 9.61. The minimum Gasteiger partial charge on any atom is -0.310 e. The highest BCUT2D eigenvalue weighted by Gasteiger charge is 2.38. The maximum Gasteiger partial charge on any atom is 0.294 e. The van der Waals surface area contributed by atoms with E-state index in [-0.39, 0.29) is 18.2 Å². The molecule has 0 aliphatic carbocycles. The summed E-state index contributed by atoms with van der Waals surface area (Å²) in [6, 6.07) is 7.84. The number of hydrogen-bond acceptors (Lipinski definition) is 10. The molecule has 2 heterocycles. The van der Waals surface area contributed by atoms with Gasteiger partial charge < -0.3 is 10.2 Å². The molecule has 0 bridgehead atoms. The van der Waals surface area contributed by atoms with Crippen LogP contribution in [0.2, 0.25) is 0 Å². The topological polar surface area (TPSA) is 145 Å². The molecule has 168 valence electrons. The standard InChI is InChI=1S/C18H22N4O6S3/c1-3-20-15-7-11(2)31(26,27)18-14(15)9-16(29-18)30-21(19)17(23)13-6-4-5-12(8-13)10-28-22(24)25/h4-6,8-9,11,15,20H,3,7,10,19H2,1-2H3. The van der Waals surface area contributed by atoms with Gasteiger partial charge in [0, 0.05) is 23.6 Å². The van der Waals surface area contributed by atoms with Crippen LogP contribution >= 0.6 is 23.3 Å². The summed E-state index contributed by atoms with van der Waals surface area (Å²) < 4.78 is 27.3. The zero-order valence-corrected chi connectivity index (χ0v) is 19.3. The highest BCUT2D eigenvalue weighted by molar-refractivity contribution is 8.00. The first kappa shape index (κ1) is 23.5. The number of benzene rings is 1. The zero-order valence-electron chi connectivity index (χ0n) is 16.8. The number of thiophene rings is 1. The second kappa shape index (κ2) is 9.53. The summed E-state index contributed by atoms with van der Waals surface area (Å²) in [5.41, 5.74) is 1.38. The normalized spacial score (nSPS) is 19.5. The molecular weight excluding hydrogens is 464 g/mol. The number of nitrogens with zero attached hydrogens (tertiary/aromatic N) is 2. The quantitative estimate of drug-likeness (QED) is 0.189. The van der Waals surface area contributed by atoms with Crippen LogP contribution in [0, 0.1) is 10.1 Å². The molecule has 31 heavy (non-hydrogen) atoms. The van der Waals surface area contributed by atoms with E-state index < -0.39 is 26.1 Å². The molecule has 10 nitrogen and oxygen atoms in total. The van der Waals surface area contributed by atoms with E-state index in [0.717, 1.165) is 27.7 Å². The van der Waals surface area contributed by atoms with Gasteiger partial charge in [-0.15, -0.1) is 21.5 Å². The van der Waals surface area contributed by atoms with E-state index >= 15 is 0 Å². The van der Waals surface area contributed by atoms with Crippen molar-refractivity contribution in [3.63, 3.8) is 0 Å². The first-order chi connectivity index (χ1) is 14.6. The molecule has 1 aromatic heterocycles. The predicted molar refractivity (Wildman–Crippen MR) is 116 cm³/mol. The van der Waals surface area contributed by atoms with Gasteiger partial charge in [-0.25, -0.2) is 18.7 Å². The van der Waals surface area contributed by atoms with Gasteiger partial charge >= 0.3 is 0 Å². The van der Waals surface area contributed by atoms with Gasteiger partial charge in [0.1, 0.15) is 10.8 Å². The van der Waals surface area contributed by atoms with Crippen LogP contribution < -0.4 is 11.2 Å². The Labute approximate surface area is 187 Å². The summed E-state index contributed by atoms with van der Waals surface area (Å²) in [6.07, 6.45) is 0.480. The fourth-order valence-electron chi connectivity index (χ4n) is 3.27. The minimum atomic E-state index is -3.43. The summed E-state index contributed by atoms with van der Waals surface area (Å²) in [4.78, 5) is 27.4. The lowest BCUT2D eigenvalue weighted by Gasteiger charge is -2.27. The molecule has 1 aliphatic rings. The summed E-state index contributed by atoms with van der Waals surface area (Å²) in [5.74, 6) is 5.42. The van der Waals surface area contributed by atoms with Crippen LogP contribution in [0.3, 0.4) is 0 Å². The van der Waals surface area contributed by atoms with Crippen LogP contribution in [-0.2, 0) is 21.3 Å². The number of hydrazine groups is 1. The highest BCUT2D eigenvalue weighted by atomic mass is 32.2. The van der Waals surface area contributed by atoms with E-state index in [0.29, 0.717) is 32.5 Å². The summed E-state index contributed by atoms with van der Waals surface area (Å²) >= 11 is 2.03. The van der Waals surface area contributed by atoms with Crippen molar-refractivity contribution in [2.24, 2.45) is 5.84 Å². The van der Waals surface area contributed by atoms with Crippen LogP contribution in [0.4, 0.5) is 0 Å². The SMILES string of the molecule is CCNC1CC(C)S(=O)(=O)c2sc(SN(N)C(=O)c3cccc(CO[N+](=O)[O-])c3)cc21. The van der Waals surface area contributed by atoms with Gasteiger partial charge in [-0.3, -0.25) is 4.79 Å². The van der Waals surface area contributed by atoms with E-state index in [1.54, 1.807) is 25.1 Å². The molecule has 0 saturated carbocycles.